The molecule has 10 heteroatoms. The number of H-pyrrole nitrogens is 1. The molecule has 0 spiro atoms. The largest absolute Gasteiger partial charge is 0.493 e. The maximum Gasteiger partial charge on any atom is 0.252 e. The van der Waals surface area contributed by atoms with Crippen LogP contribution in [-0.4, -0.2) is 87.0 Å². The number of thiophene rings is 1. The van der Waals surface area contributed by atoms with Crippen LogP contribution in [0, 0.1) is 11.8 Å². The summed E-state index contributed by atoms with van der Waals surface area (Å²) in [6.07, 6.45) is 0.870. The highest BCUT2D eigenvalue weighted by molar-refractivity contribution is 7.11. The molecule has 0 saturated carbocycles. The summed E-state index contributed by atoms with van der Waals surface area (Å²) in [4.78, 5) is 18.6. The van der Waals surface area contributed by atoms with E-state index in [0.29, 0.717) is 22.8 Å². The van der Waals surface area contributed by atoms with E-state index in [-0.39, 0.29) is 12.5 Å². The molecule has 43 heavy (non-hydrogen) atoms. The second-order valence-electron chi connectivity index (χ2n) is 10.8. The first-order valence-electron chi connectivity index (χ1n) is 14.2. The first-order valence-corrected chi connectivity index (χ1v) is 15.1. The van der Waals surface area contributed by atoms with Gasteiger partial charge in [-0.2, -0.15) is 5.10 Å². The molecule has 4 aromatic rings. The molecule has 0 radical (unpaired) electrons. The highest BCUT2D eigenvalue weighted by Crippen LogP contribution is 2.41. The zero-order valence-electron chi connectivity index (χ0n) is 24.9. The van der Waals surface area contributed by atoms with Crippen LogP contribution >= 0.6 is 11.3 Å². The van der Waals surface area contributed by atoms with Crippen molar-refractivity contribution in [2.75, 3.05) is 61.1 Å². The number of likely N-dealkylation sites (N-methyl/N-ethyl adjacent to an activating group) is 1. The van der Waals surface area contributed by atoms with Gasteiger partial charge in [-0.05, 0) is 42.4 Å². The normalized spacial score (nSPS) is 14.4. The molecule has 3 heterocycles. The number of ether oxygens (including phenoxy) is 3. The highest BCUT2D eigenvalue weighted by atomic mass is 32.1. The van der Waals surface area contributed by atoms with Gasteiger partial charge in [0.1, 0.15) is 0 Å². The molecule has 1 aliphatic carbocycles. The summed E-state index contributed by atoms with van der Waals surface area (Å²) in [7, 11) is 6.74. The molecule has 1 saturated heterocycles. The lowest BCUT2D eigenvalue weighted by Crippen LogP contribution is -2.43. The van der Waals surface area contributed by atoms with E-state index in [1.165, 1.54) is 43.6 Å². The number of aromatic nitrogens is 2. The summed E-state index contributed by atoms with van der Waals surface area (Å²) in [5, 5.41) is 12.9. The van der Waals surface area contributed by atoms with E-state index in [4.69, 9.17) is 19.3 Å². The number of nitrogens with zero attached hydrogens (tertiary/aromatic N) is 3. The number of methoxy groups -OCH3 is 3. The minimum absolute atomic E-state index is 0.201. The van der Waals surface area contributed by atoms with Crippen molar-refractivity contribution in [3.8, 4) is 51.6 Å². The molecular weight excluding hydrogens is 562 g/mol. The summed E-state index contributed by atoms with van der Waals surface area (Å²) >= 11 is 1.57. The van der Waals surface area contributed by atoms with Crippen LogP contribution in [-0.2, 0) is 13.0 Å². The van der Waals surface area contributed by atoms with Crippen molar-refractivity contribution in [1.29, 1.82) is 0 Å². The number of hydrogen-bond donors (Lipinski definition) is 2. The van der Waals surface area contributed by atoms with Crippen LogP contribution in [0.2, 0.25) is 0 Å². The Morgan fingerprint density at radius 2 is 1.81 bits per heavy atom. The molecular formula is C33H35N5O4S. The monoisotopic (exact) mass is 597 g/mol. The Bertz CT molecular complexity index is 1680. The van der Waals surface area contributed by atoms with Gasteiger partial charge in [0.15, 0.2) is 11.5 Å². The van der Waals surface area contributed by atoms with Crippen molar-refractivity contribution in [3.63, 3.8) is 0 Å². The fraction of sp³-hybridized carbons (Fsp3) is 0.333. The Morgan fingerprint density at radius 1 is 1.05 bits per heavy atom. The van der Waals surface area contributed by atoms with E-state index < -0.39 is 0 Å². The smallest absolute Gasteiger partial charge is 0.252 e. The zero-order chi connectivity index (χ0) is 29.9. The molecule has 0 atom stereocenters. The predicted molar refractivity (Wildman–Crippen MR) is 168 cm³/mol. The van der Waals surface area contributed by atoms with Crippen molar-refractivity contribution in [2.45, 2.75) is 13.0 Å². The quantitative estimate of drug-likeness (QED) is 0.258. The van der Waals surface area contributed by atoms with Crippen molar-refractivity contribution >= 4 is 17.2 Å². The molecule has 1 fully saturated rings. The van der Waals surface area contributed by atoms with E-state index in [9.17, 15) is 4.79 Å². The molecule has 1 amide bonds. The van der Waals surface area contributed by atoms with Crippen LogP contribution in [0.25, 0.3) is 22.5 Å². The van der Waals surface area contributed by atoms with Gasteiger partial charge in [0.05, 0.1) is 44.1 Å². The third-order valence-electron chi connectivity index (χ3n) is 8.03. The number of hydrogen-bond acceptors (Lipinski definition) is 8. The summed E-state index contributed by atoms with van der Waals surface area (Å²) in [6.45, 7) is 5.64. The van der Waals surface area contributed by atoms with Crippen LogP contribution < -0.4 is 19.5 Å². The molecule has 1 aliphatic heterocycles. The molecule has 6 rings (SSSR count). The number of rotatable bonds is 8. The Hall–Kier alpha value is -4.30. The molecule has 9 nitrogen and oxygen atoms in total. The lowest BCUT2D eigenvalue weighted by Gasteiger charge is -2.32. The van der Waals surface area contributed by atoms with Gasteiger partial charge in [-0.1, -0.05) is 24.0 Å². The molecule has 2 aliphatic rings. The lowest BCUT2D eigenvalue weighted by molar-refractivity contribution is 0.0958. The van der Waals surface area contributed by atoms with Crippen LogP contribution in [0.15, 0.2) is 41.8 Å². The Balaban J connectivity index is 1.10. The zero-order valence-corrected chi connectivity index (χ0v) is 25.7. The van der Waals surface area contributed by atoms with Crippen molar-refractivity contribution < 1.29 is 19.0 Å². The number of nitrogens with one attached hydrogen (secondary N) is 2. The summed E-state index contributed by atoms with van der Waals surface area (Å²) in [5.41, 5.74) is 8.74. The molecule has 2 aromatic carbocycles. The molecule has 2 aromatic heterocycles. The van der Waals surface area contributed by atoms with E-state index in [0.717, 1.165) is 61.0 Å². The van der Waals surface area contributed by atoms with Gasteiger partial charge in [-0.25, -0.2) is 0 Å². The van der Waals surface area contributed by atoms with E-state index in [1.54, 1.807) is 23.5 Å². The fourth-order valence-corrected chi connectivity index (χ4v) is 6.42. The first-order chi connectivity index (χ1) is 21.0. The van der Waals surface area contributed by atoms with E-state index in [2.05, 4.69) is 68.7 Å². The topological polar surface area (TPSA) is 91.9 Å². The van der Waals surface area contributed by atoms with Crippen LogP contribution in [0.1, 0.15) is 31.9 Å². The minimum Gasteiger partial charge on any atom is -0.493 e. The average molecular weight is 598 g/mol. The van der Waals surface area contributed by atoms with Gasteiger partial charge < -0.3 is 24.4 Å². The van der Waals surface area contributed by atoms with Crippen molar-refractivity contribution in [2.24, 2.45) is 0 Å². The second-order valence-corrected chi connectivity index (χ2v) is 11.7. The maximum absolute atomic E-state index is 12.7. The maximum atomic E-state index is 12.7. The third-order valence-corrected chi connectivity index (χ3v) is 8.87. The van der Waals surface area contributed by atoms with Gasteiger partial charge >= 0.3 is 0 Å². The van der Waals surface area contributed by atoms with Crippen LogP contribution in [0.3, 0.4) is 0 Å². The standard InChI is InChI=1S/C33H35N5O4S/c1-37-10-12-38(13-11-37)19-21-7-8-22-16-27-30(35-36-31(27)26(22)14-21)24-15-25(43-20-24)6-5-9-34-33(39)23-17-28(40-2)32(42-4)29(18-23)41-3/h7-8,14-15,17-18,20H,9-13,16,19H2,1-4H3,(H,34,39)(H,35,36). The number of benzene rings is 2. The number of aromatic amines is 1. The summed E-state index contributed by atoms with van der Waals surface area (Å²) in [5.74, 6) is 7.22. The molecule has 0 bridgehead atoms. The summed E-state index contributed by atoms with van der Waals surface area (Å²) in [6, 6.07) is 12.2. The van der Waals surface area contributed by atoms with E-state index >= 15 is 0 Å². The Morgan fingerprint density at radius 3 is 2.53 bits per heavy atom. The number of amides is 1. The number of carbonyl (C=O) groups is 1. The Labute approximate surface area is 255 Å². The SMILES string of the molecule is COc1cc(C(=O)NCC#Cc2cc(-c3n[nH]c4c3Cc3ccc(CN5CCN(C)CC5)cc3-4)cs2)cc(OC)c1OC. The van der Waals surface area contributed by atoms with Gasteiger partial charge in [-0.15, -0.1) is 11.3 Å². The lowest BCUT2D eigenvalue weighted by atomic mass is 10.0. The second kappa shape index (κ2) is 12.5. The van der Waals surface area contributed by atoms with Gasteiger partial charge in [0.2, 0.25) is 5.75 Å². The van der Waals surface area contributed by atoms with Gasteiger partial charge in [-0.3, -0.25) is 14.8 Å². The van der Waals surface area contributed by atoms with Gasteiger partial charge in [0, 0.05) is 66.8 Å². The van der Waals surface area contributed by atoms with Crippen LogP contribution in [0.5, 0.6) is 17.2 Å². The van der Waals surface area contributed by atoms with E-state index in [1.807, 2.05) is 0 Å². The first kappa shape index (κ1) is 28.8. The van der Waals surface area contributed by atoms with Gasteiger partial charge in [0.25, 0.3) is 5.91 Å². The van der Waals surface area contributed by atoms with Crippen molar-refractivity contribution in [3.05, 3.63) is 68.9 Å². The minimum atomic E-state index is -0.279. The molecule has 2 N–H and O–H groups in total. The number of carbonyl (C=O) groups excluding carboxylic acids is 1. The number of fused-ring (bicyclic) bond motifs is 3. The Kier molecular flexibility index (Phi) is 8.38. The fourth-order valence-electron chi connectivity index (χ4n) is 5.66. The highest BCUT2D eigenvalue weighted by Gasteiger charge is 2.26. The molecule has 0 unspecified atom stereocenters. The third kappa shape index (κ3) is 5.97. The average Bonchev–Trinajstić information content (AvgIpc) is 3.75. The summed E-state index contributed by atoms with van der Waals surface area (Å²) < 4.78 is 16.0. The molecule has 222 valence electrons. The number of piperazine rings is 1. The predicted octanol–water partition coefficient (Wildman–Crippen LogP) is 4.26. The van der Waals surface area contributed by atoms with Crippen molar-refractivity contribution in [1.82, 2.24) is 25.3 Å². The van der Waals surface area contributed by atoms with Crippen LogP contribution in [0.4, 0.5) is 0 Å².